The van der Waals surface area contributed by atoms with Gasteiger partial charge in [-0.25, -0.2) is 4.98 Å². The molecule has 1 aromatic carbocycles. The molecule has 0 aliphatic carbocycles. The SMILES string of the molecule is CCc1ccc(-c2ccc(O)c(C=O)c2)c(OC)n1. The summed E-state index contributed by atoms with van der Waals surface area (Å²) in [4.78, 5) is 15.2. The molecule has 2 rings (SSSR count). The van der Waals surface area contributed by atoms with E-state index in [1.54, 1.807) is 19.2 Å². The number of carbonyl (C=O) groups is 1. The van der Waals surface area contributed by atoms with Gasteiger partial charge in [0.25, 0.3) is 0 Å². The lowest BCUT2D eigenvalue weighted by atomic mass is 10.0. The van der Waals surface area contributed by atoms with Gasteiger partial charge in [0.15, 0.2) is 6.29 Å². The van der Waals surface area contributed by atoms with E-state index < -0.39 is 0 Å². The molecular formula is C15H15NO3. The van der Waals surface area contributed by atoms with Crippen LogP contribution in [0.3, 0.4) is 0 Å². The molecule has 98 valence electrons. The van der Waals surface area contributed by atoms with E-state index in [-0.39, 0.29) is 11.3 Å². The molecule has 2 aromatic rings. The van der Waals surface area contributed by atoms with E-state index >= 15 is 0 Å². The zero-order valence-corrected chi connectivity index (χ0v) is 10.9. The van der Waals surface area contributed by atoms with Crippen molar-refractivity contribution in [3.63, 3.8) is 0 Å². The molecule has 0 fully saturated rings. The van der Waals surface area contributed by atoms with Crippen molar-refractivity contribution in [2.45, 2.75) is 13.3 Å². The molecule has 1 aromatic heterocycles. The van der Waals surface area contributed by atoms with E-state index in [9.17, 15) is 9.90 Å². The molecule has 0 unspecified atom stereocenters. The first-order valence-corrected chi connectivity index (χ1v) is 6.02. The Balaban J connectivity index is 2.55. The second-order valence-electron chi connectivity index (χ2n) is 4.10. The summed E-state index contributed by atoms with van der Waals surface area (Å²) >= 11 is 0. The normalized spacial score (nSPS) is 10.2. The molecule has 0 aliphatic rings. The Kier molecular flexibility index (Phi) is 3.80. The lowest BCUT2D eigenvalue weighted by Gasteiger charge is -2.10. The highest BCUT2D eigenvalue weighted by Gasteiger charge is 2.10. The second kappa shape index (κ2) is 5.52. The number of phenols is 1. The fourth-order valence-electron chi connectivity index (χ4n) is 1.87. The number of aromatic nitrogens is 1. The summed E-state index contributed by atoms with van der Waals surface area (Å²) in [5, 5.41) is 9.51. The maximum absolute atomic E-state index is 10.9. The van der Waals surface area contributed by atoms with Gasteiger partial charge < -0.3 is 9.84 Å². The number of aryl methyl sites for hydroxylation is 1. The monoisotopic (exact) mass is 257 g/mol. The first-order valence-electron chi connectivity index (χ1n) is 6.02. The van der Waals surface area contributed by atoms with Gasteiger partial charge in [0.2, 0.25) is 5.88 Å². The van der Waals surface area contributed by atoms with Crippen molar-refractivity contribution in [3.05, 3.63) is 41.6 Å². The van der Waals surface area contributed by atoms with E-state index in [4.69, 9.17) is 4.74 Å². The van der Waals surface area contributed by atoms with Crippen molar-refractivity contribution in [1.29, 1.82) is 0 Å². The van der Waals surface area contributed by atoms with Crippen LogP contribution in [0.25, 0.3) is 11.1 Å². The first-order chi connectivity index (χ1) is 9.19. The van der Waals surface area contributed by atoms with E-state index in [0.29, 0.717) is 12.2 Å². The fourth-order valence-corrected chi connectivity index (χ4v) is 1.87. The third-order valence-corrected chi connectivity index (χ3v) is 2.94. The van der Waals surface area contributed by atoms with Gasteiger partial charge in [-0.15, -0.1) is 0 Å². The second-order valence-corrected chi connectivity index (χ2v) is 4.10. The lowest BCUT2D eigenvalue weighted by Crippen LogP contribution is -1.96. The molecular weight excluding hydrogens is 242 g/mol. The minimum Gasteiger partial charge on any atom is -0.507 e. The average molecular weight is 257 g/mol. The van der Waals surface area contributed by atoms with Crippen LogP contribution in [0, 0.1) is 0 Å². The molecule has 19 heavy (non-hydrogen) atoms. The summed E-state index contributed by atoms with van der Waals surface area (Å²) in [6.07, 6.45) is 1.45. The molecule has 0 amide bonds. The first kappa shape index (κ1) is 13.1. The Hall–Kier alpha value is -2.36. The number of ether oxygens (including phenoxy) is 1. The Morgan fingerprint density at radius 1 is 1.32 bits per heavy atom. The van der Waals surface area contributed by atoms with Gasteiger partial charge in [-0.3, -0.25) is 4.79 Å². The van der Waals surface area contributed by atoms with Gasteiger partial charge in [-0.1, -0.05) is 13.0 Å². The summed E-state index contributed by atoms with van der Waals surface area (Å²) in [5.41, 5.74) is 2.77. The number of hydrogen-bond acceptors (Lipinski definition) is 4. The van der Waals surface area contributed by atoms with Gasteiger partial charge >= 0.3 is 0 Å². The van der Waals surface area contributed by atoms with Crippen LogP contribution in [-0.4, -0.2) is 23.5 Å². The smallest absolute Gasteiger partial charge is 0.221 e. The molecule has 0 saturated heterocycles. The Morgan fingerprint density at radius 3 is 2.74 bits per heavy atom. The number of methoxy groups -OCH3 is 1. The molecule has 0 saturated carbocycles. The van der Waals surface area contributed by atoms with Crippen molar-refractivity contribution in [3.8, 4) is 22.8 Å². The van der Waals surface area contributed by atoms with Crippen LogP contribution >= 0.6 is 0 Å². The van der Waals surface area contributed by atoms with Gasteiger partial charge in [-0.2, -0.15) is 0 Å². The number of aldehydes is 1. The van der Waals surface area contributed by atoms with Crippen molar-refractivity contribution < 1.29 is 14.6 Å². The van der Waals surface area contributed by atoms with Crippen molar-refractivity contribution in [1.82, 2.24) is 4.98 Å². The molecule has 1 N–H and O–H groups in total. The minimum atomic E-state index is -0.0316. The van der Waals surface area contributed by atoms with Crippen LogP contribution < -0.4 is 4.74 Å². The Bertz CT molecular complexity index is 608. The number of carbonyl (C=O) groups excluding carboxylic acids is 1. The fraction of sp³-hybridized carbons (Fsp3) is 0.200. The highest BCUT2D eigenvalue weighted by atomic mass is 16.5. The summed E-state index contributed by atoms with van der Waals surface area (Å²) in [5.74, 6) is 0.484. The Labute approximate surface area is 111 Å². The van der Waals surface area contributed by atoms with Gasteiger partial charge in [0.1, 0.15) is 5.75 Å². The van der Waals surface area contributed by atoms with Gasteiger partial charge in [-0.05, 0) is 36.2 Å². The standard InChI is InChI=1S/C15H15NO3/c1-3-12-5-6-13(15(16-12)19-2)10-4-7-14(18)11(8-10)9-17/h4-9,18H,3H2,1-2H3. The highest BCUT2D eigenvalue weighted by Crippen LogP contribution is 2.31. The number of rotatable bonds is 4. The van der Waals surface area contributed by atoms with E-state index in [1.807, 2.05) is 19.1 Å². The number of pyridine rings is 1. The summed E-state index contributed by atoms with van der Waals surface area (Å²) in [6, 6.07) is 8.67. The highest BCUT2D eigenvalue weighted by molar-refractivity contribution is 5.83. The molecule has 4 nitrogen and oxygen atoms in total. The average Bonchev–Trinajstić information content (AvgIpc) is 2.47. The van der Waals surface area contributed by atoms with E-state index in [0.717, 1.165) is 23.2 Å². The number of phenolic OH excluding ortho intramolecular Hbond substituents is 1. The number of nitrogens with zero attached hydrogens (tertiary/aromatic N) is 1. The van der Waals surface area contributed by atoms with E-state index in [2.05, 4.69) is 4.98 Å². The van der Waals surface area contributed by atoms with Crippen LogP contribution in [0.5, 0.6) is 11.6 Å². The molecule has 0 aliphatic heterocycles. The van der Waals surface area contributed by atoms with Gasteiger partial charge in [0, 0.05) is 11.3 Å². The maximum atomic E-state index is 10.9. The van der Waals surface area contributed by atoms with Crippen LogP contribution in [-0.2, 0) is 6.42 Å². The summed E-state index contributed by atoms with van der Waals surface area (Å²) in [7, 11) is 1.56. The number of hydrogen-bond donors (Lipinski definition) is 1. The zero-order chi connectivity index (χ0) is 13.8. The van der Waals surface area contributed by atoms with Crippen molar-refractivity contribution >= 4 is 6.29 Å². The number of benzene rings is 1. The quantitative estimate of drug-likeness (QED) is 0.856. The third kappa shape index (κ3) is 2.57. The van der Waals surface area contributed by atoms with Crippen LogP contribution in [0.4, 0.5) is 0 Å². The predicted molar refractivity (Wildman–Crippen MR) is 72.7 cm³/mol. The zero-order valence-electron chi connectivity index (χ0n) is 10.9. The molecule has 0 atom stereocenters. The lowest BCUT2D eigenvalue weighted by molar-refractivity contribution is 0.112. The molecule has 0 bridgehead atoms. The van der Waals surface area contributed by atoms with Crippen molar-refractivity contribution in [2.75, 3.05) is 7.11 Å². The topological polar surface area (TPSA) is 59.4 Å². The largest absolute Gasteiger partial charge is 0.507 e. The van der Waals surface area contributed by atoms with Gasteiger partial charge in [0.05, 0.1) is 12.7 Å². The maximum Gasteiger partial charge on any atom is 0.221 e. The third-order valence-electron chi connectivity index (χ3n) is 2.94. The van der Waals surface area contributed by atoms with Crippen LogP contribution in [0.1, 0.15) is 23.0 Å². The number of aromatic hydroxyl groups is 1. The van der Waals surface area contributed by atoms with Crippen molar-refractivity contribution in [2.24, 2.45) is 0 Å². The summed E-state index contributed by atoms with van der Waals surface area (Å²) < 4.78 is 5.28. The van der Waals surface area contributed by atoms with Crippen LogP contribution in [0.15, 0.2) is 30.3 Å². The molecule has 0 spiro atoms. The minimum absolute atomic E-state index is 0.0316. The molecule has 0 radical (unpaired) electrons. The Morgan fingerprint density at radius 2 is 2.11 bits per heavy atom. The van der Waals surface area contributed by atoms with E-state index in [1.165, 1.54) is 6.07 Å². The molecule has 1 heterocycles. The van der Waals surface area contributed by atoms with Crippen LogP contribution in [0.2, 0.25) is 0 Å². The predicted octanol–water partition coefficient (Wildman–Crippen LogP) is 2.84. The summed E-state index contributed by atoms with van der Waals surface area (Å²) in [6.45, 7) is 2.02. The molecule has 4 heteroatoms.